The summed E-state index contributed by atoms with van der Waals surface area (Å²) in [4.78, 5) is 16.8. The van der Waals surface area contributed by atoms with Gasteiger partial charge in [-0.1, -0.05) is 29.8 Å². The maximum absolute atomic E-state index is 12.9. The van der Waals surface area contributed by atoms with E-state index < -0.39 is 0 Å². The van der Waals surface area contributed by atoms with Gasteiger partial charge in [-0.05, 0) is 55.8 Å². The number of benzene rings is 2. The fourth-order valence-electron chi connectivity index (χ4n) is 3.54. The van der Waals surface area contributed by atoms with E-state index in [0.29, 0.717) is 24.7 Å². The lowest BCUT2D eigenvalue weighted by molar-refractivity contribution is -0.133. The molecule has 0 N–H and O–H groups in total. The average molecular weight is 403 g/mol. The van der Waals surface area contributed by atoms with Crippen LogP contribution in [-0.4, -0.2) is 56.1 Å². The molecule has 0 radical (unpaired) electrons. The van der Waals surface area contributed by atoms with Crippen molar-refractivity contribution < 1.29 is 14.3 Å². The molecule has 1 aliphatic rings. The summed E-state index contributed by atoms with van der Waals surface area (Å²) in [5.41, 5.74) is 1.14. The summed E-state index contributed by atoms with van der Waals surface area (Å²) in [5, 5.41) is 0.652. The van der Waals surface area contributed by atoms with E-state index in [1.165, 1.54) is 0 Å². The first kappa shape index (κ1) is 20.5. The Hall–Kier alpha value is -2.24. The zero-order valence-electron chi connectivity index (χ0n) is 16.4. The van der Waals surface area contributed by atoms with Crippen LogP contribution in [0, 0.1) is 0 Å². The molecule has 2 aromatic rings. The Morgan fingerprint density at radius 3 is 2.79 bits per heavy atom. The molecule has 1 amide bonds. The van der Waals surface area contributed by atoms with Crippen molar-refractivity contribution in [2.24, 2.45) is 0 Å². The molecule has 1 heterocycles. The topological polar surface area (TPSA) is 42.0 Å². The van der Waals surface area contributed by atoms with E-state index in [0.717, 1.165) is 36.4 Å². The molecular formula is C22H27ClN2O3. The smallest absolute Gasteiger partial charge is 0.237 e. The third-order valence-corrected chi connectivity index (χ3v) is 5.23. The van der Waals surface area contributed by atoms with Gasteiger partial charge < -0.3 is 14.4 Å². The molecule has 0 spiro atoms. The van der Waals surface area contributed by atoms with Gasteiger partial charge >= 0.3 is 0 Å². The van der Waals surface area contributed by atoms with Gasteiger partial charge in [0.2, 0.25) is 5.91 Å². The predicted molar refractivity (Wildman–Crippen MR) is 111 cm³/mol. The van der Waals surface area contributed by atoms with Crippen molar-refractivity contribution >= 4 is 17.5 Å². The largest absolute Gasteiger partial charge is 0.497 e. The summed E-state index contributed by atoms with van der Waals surface area (Å²) in [6.07, 6.45) is 2.01. The standard InChI is InChI=1S/C22H27ClN2O3/c1-24(12-13-28-20-9-4-7-18(23)15-20)16-22(26)25-11-5-10-21(25)17-6-3-8-19(14-17)27-2/h3-4,6-9,14-15,21H,5,10-13,16H2,1-2H3. The van der Waals surface area contributed by atoms with E-state index in [4.69, 9.17) is 21.1 Å². The van der Waals surface area contributed by atoms with E-state index in [1.807, 2.05) is 53.2 Å². The highest BCUT2D eigenvalue weighted by molar-refractivity contribution is 6.30. The third kappa shape index (κ3) is 5.40. The SMILES string of the molecule is COc1cccc(C2CCCN2C(=O)CN(C)CCOc2cccc(Cl)c2)c1. The minimum atomic E-state index is 0.124. The first-order valence-corrected chi connectivity index (χ1v) is 9.95. The lowest BCUT2D eigenvalue weighted by Crippen LogP contribution is -2.39. The van der Waals surface area contributed by atoms with Gasteiger partial charge in [0.05, 0.1) is 19.7 Å². The van der Waals surface area contributed by atoms with Crippen LogP contribution in [0.2, 0.25) is 5.02 Å². The fourth-order valence-corrected chi connectivity index (χ4v) is 3.72. The molecule has 1 saturated heterocycles. The number of carbonyl (C=O) groups is 1. The van der Waals surface area contributed by atoms with Gasteiger partial charge in [-0.25, -0.2) is 0 Å². The molecule has 0 aromatic heterocycles. The van der Waals surface area contributed by atoms with E-state index in [9.17, 15) is 4.79 Å². The Balaban J connectivity index is 1.51. The molecule has 0 bridgehead atoms. The summed E-state index contributed by atoms with van der Waals surface area (Å²) in [5.74, 6) is 1.72. The van der Waals surface area contributed by atoms with Gasteiger partial charge in [-0.15, -0.1) is 0 Å². The van der Waals surface area contributed by atoms with Crippen molar-refractivity contribution in [3.63, 3.8) is 0 Å². The van der Waals surface area contributed by atoms with Crippen LogP contribution >= 0.6 is 11.6 Å². The van der Waals surface area contributed by atoms with Crippen molar-refractivity contribution in [3.8, 4) is 11.5 Å². The predicted octanol–water partition coefficient (Wildman–Crippen LogP) is 4.02. The van der Waals surface area contributed by atoms with Gasteiger partial charge in [0.15, 0.2) is 0 Å². The molecule has 2 aromatic carbocycles. The minimum absolute atomic E-state index is 0.124. The van der Waals surface area contributed by atoms with Gasteiger partial charge in [-0.3, -0.25) is 9.69 Å². The van der Waals surface area contributed by atoms with Crippen LogP contribution in [0.3, 0.4) is 0 Å². The number of methoxy groups -OCH3 is 1. The number of likely N-dealkylation sites (tertiary alicyclic amines) is 1. The highest BCUT2D eigenvalue weighted by Crippen LogP contribution is 2.33. The number of rotatable bonds is 8. The second kappa shape index (κ2) is 9.80. The number of ether oxygens (including phenoxy) is 2. The third-order valence-electron chi connectivity index (χ3n) is 4.99. The fraction of sp³-hybridized carbons (Fsp3) is 0.409. The maximum atomic E-state index is 12.9. The zero-order valence-corrected chi connectivity index (χ0v) is 17.2. The molecule has 5 nitrogen and oxygen atoms in total. The molecule has 3 rings (SSSR count). The molecule has 1 fully saturated rings. The summed E-state index contributed by atoms with van der Waals surface area (Å²) >= 11 is 5.96. The summed E-state index contributed by atoms with van der Waals surface area (Å²) in [6.45, 7) is 2.34. The minimum Gasteiger partial charge on any atom is -0.497 e. The quantitative estimate of drug-likeness (QED) is 0.668. The first-order chi connectivity index (χ1) is 13.6. The molecule has 0 aliphatic carbocycles. The molecule has 1 atom stereocenters. The Morgan fingerprint density at radius 1 is 1.21 bits per heavy atom. The normalized spacial score (nSPS) is 16.4. The van der Waals surface area contributed by atoms with Crippen LogP contribution in [0.25, 0.3) is 0 Å². The van der Waals surface area contributed by atoms with Crippen LogP contribution in [-0.2, 0) is 4.79 Å². The number of likely N-dealkylation sites (N-methyl/N-ethyl adjacent to an activating group) is 1. The van der Waals surface area contributed by atoms with Crippen molar-refractivity contribution in [2.75, 3.05) is 40.4 Å². The van der Waals surface area contributed by atoms with Gasteiger partial charge in [0.25, 0.3) is 0 Å². The van der Waals surface area contributed by atoms with Crippen LogP contribution in [0.4, 0.5) is 0 Å². The van der Waals surface area contributed by atoms with Gasteiger partial charge in [0.1, 0.15) is 18.1 Å². The van der Waals surface area contributed by atoms with Crippen molar-refractivity contribution in [1.82, 2.24) is 9.80 Å². The molecule has 1 aliphatic heterocycles. The van der Waals surface area contributed by atoms with Crippen LogP contribution < -0.4 is 9.47 Å². The van der Waals surface area contributed by atoms with Gasteiger partial charge in [0, 0.05) is 18.1 Å². The number of hydrogen-bond acceptors (Lipinski definition) is 4. The first-order valence-electron chi connectivity index (χ1n) is 9.57. The van der Waals surface area contributed by atoms with E-state index >= 15 is 0 Å². The van der Waals surface area contributed by atoms with E-state index in [1.54, 1.807) is 13.2 Å². The van der Waals surface area contributed by atoms with Crippen molar-refractivity contribution in [3.05, 3.63) is 59.1 Å². The Bertz CT molecular complexity index is 799. The molecular weight excluding hydrogens is 376 g/mol. The second-order valence-electron chi connectivity index (χ2n) is 7.07. The molecule has 6 heteroatoms. The number of nitrogens with zero attached hydrogens (tertiary/aromatic N) is 2. The summed E-state index contributed by atoms with van der Waals surface area (Å²) in [6, 6.07) is 15.5. The molecule has 150 valence electrons. The highest BCUT2D eigenvalue weighted by atomic mass is 35.5. The number of amides is 1. The average Bonchev–Trinajstić information content (AvgIpc) is 3.18. The van der Waals surface area contributed by atoms with E-state index in [-0.39, 0.29) is 11.9 Å². The number of carbonyl (C=O) groups excluding carboxylic acids is 1. The van der Waals surface area contributed by atoms with Gasteiger partial charge in [-0.2, -0.15) is 0 Å². The van der Waals surface area contributed by atoms with Crippen LogP contribution in [0.5, 0.6) is 11.5 Å². The number of halogens is 1. The van der Waals surface area contributed by atoms with E-state index in [2.05, 4.69) is 6.07 Å². The molecule has 1 unspecified atom stereocenters. The Morgan fingerprint density at radius 2 is 2.00 bits per heavy atom. The maximum Gasteiger partial charge on any atom is 0.237 e. The second-order valence-corrected chi connectivity index (χ2v) is 7.50. The lowest BCUT2D eigenvalue weighted by Gasteiger charge is -2.27. The lowest BCUT2D eigenvalue weighted by atomic mass is 10.0. The molecule has 0 saturated carbocycles. The summed E-state index contributed by atoms with van der Waals surface area (Å²) < 4.78 is 11.0. The van der Waals surface area contributed by atoms with Crippen LogP contribution in [0.1, 0.15) is 24.4 Å². The molecule has 28 heavy (non-hydrogen) atoms. The summed E-state index contributed by atoms with van der Waals surface area (Å²) in [7, 11) is 3.60. The number of hydrogen-bond donors (Lipinski definition) is 0. The van der Waals surface area contributed by atoms with Crippen molar-refractivity contribution in [1.29, 1.82) is 0 Å². The van der Waals surface area contributed by atoms with Crippen molar-refractivity contribution in [2.45, 2.75) is 18.9 Å². The Kier molecular flexibility index (Phi) is 7.18. The zero-order chi connectivity index (χ0) is 19.9. The monoisotopic (exact) mass is 402 g/mol. The van der Waals surface area contributed by atoms with Crippen LogP contribution in [0.15, 0.2) is 48.5 Å². The Labute approximate surface area is 171 Å². The highest BCUT2D eigenvalue weighted by Gasteiger charge is 2.30.